The minimum atomic E-state index is -0.296. The van der Waals surface area contributed by atoms with Gasteiger partial charge in [-0.25, -0.2) is 0 Å². The van der Waals surface area contributed by atoms with Gasteiger partial charge in [0.15, 0.2) is 0 Å². The lowest BCUT2D eigenvalue weighted by molar-refractivity contribution is -0.119. The number of nitrogens with one attached hydrogen (secondary N) is 1. The Kier molecular flexibility index (Phi) is 5.12. The quantitative estimate of drug-likeness (QED) is 0.775. The molecule has 0 saturated carbocycles. The molecule has 0 aliphatic carbocycles. The van der Waals surface area contributed by atoms with Crippen LogP contribution >= 0.6 is 11.3 Å². The van der Waals surface area contributed by atoms with Gasteiger partial charge in [-0.15, -0.1) is 11.3 Å². The second-order valence-electron chi connectivity index (χ2n) is 4.16. The van der Waals surface area contributed by atoms with E-state index >= 15 is 0 Å². The first-order valence-electron chi connectivity index (χ1n) is 6.04. The van der Waals surface area contributed by atoms with Crippen molar-refractivity contribution in [3.63, 3.8) is 0 Å². The normalized spacial score (nSPS) is 21.0. The summed E-state index contributed by atoms with van der Waals surface area (Å²) in [6.45, 7) is 2.07. The van der Waals surface area contributed by atoms with Crippen molar-refractivity contribution in [2.45, 2.75) is 25.2 Å². The molecule has 1 aromatic rings. The van der Waals surface area contributed by atoms with Crippen molar-refractivity contribution in [2.24, 2.45) is 5.73 Å². The monoisotopic (exact) mass is 270 g/mol. The second-order valence-corrected chi connectivity index (χ2v) is 5.14. The summed E-state index contributed by atoms with van der Waals surface area (Å²) in [5.41, 5.74) is 5.18. The lowest BCUT2D eigenvalue weighted by Crippen LogP contribution is -2.29. The van der Waals surface area contributed by atoms with E-state index in [9.17, 15) is 4.79 Å². The highest BCUT2D eigenvalue weighted by atomic mass is 32.1. The van der Waals surface area contributed by atoms with E-state index in [2.05, 4.69) is 5.32 Å². The van der Waals surface area contributed by atoms with Gasteiger partial charge in [-0.05, 0) is 17.9 Å². The number of primary amides is 1. The standard InChI is InChI=1S/C12H18N2O3S/c13-11(15)4-3-9(10-2-1-7-18-10)17-8-12-14-5-6-16-12/h1-2,7,9,12,14H,3-6,8H2,(H2,13,15). The van der Waals surface area contributed by atoms with Gasteiger partial charge in [0.2, 0.25) is 5.91 Å². The van der Waals surface area contributed by atoms with E-state index in [1.807, 2.05) is 17.5 Å². The Morgan fingerprint density at radius 3 is 3.22 bits per heavy atom. The smallest absolute Gasteiger partial charge is 0.217 e. The molecule has 1 aromatic heterocycles. The Balaban J connectivity index is 1.85. The van der Waals surface area contributed by atoms with E-state index < -0.39 is 0 Å². The van der Waals surface area contributed by atoms with Crippen molar-refractivity contribution < 1.29 is 14.3 Å². The van der Waals surface area contributed by atoms with Crippen LogP contribution in [0.3, 0.4) is 0 Å². The van der Waals surface area contributed by atoms with Crippen LogP contribution < -0.4 is 11.1 Å². The largest absolute Gasteiger partial charge is 0.370 e. The topological polar surface area (TPSA) is 73.6 Å². The van der Waals surface area contributed by atoms with Crippen LogP contribution in [0.5, 0.6) is 0 Å². The van der Waals surface area contributed by atoms with Crippen LogP contribution in [0.4, 0.5) is 0 Å². The molecule has 1 amide bonds. The Labute approximate surface area is 110 Å². The molecule has 100 valence electrons. The summed E-state index contributed by atoms with van der Waals surface area (Å²) in [6.07, 6.45) is 0.828. The molecule has 0 bridgehead atoms. The van der Waals surface area contributed by atoms with Gasteiger partial charge in [0.1, 0.15) is 6.23 Å². The average Bonchev–Trinajstić information content (AvgIpc) is 3.01. The molecule has 2 unspecified atom stereocenters. The fourth-order valence-corrected chi connectivity index (χ4v) is 2.66. The zero-order valence-corrected chi connectivity index (χ0v) is 10.9. The Morgan fingerprint density at radius 1 is 1.72 bits per heavy atom. The Bertz CT molecular complexity index is 363. The summed E-state index contributed by atoms with van der Waals surface area (Å²) in [7, 11) is 0. The molecule has 1 aliphatic heterocycles. The number of hydrogen-bond donors (Lipinski definition) is 2. The summed E-state index contributed by atoms with van der Waals surface area (Å²) in [4.78, 5) is 12.0. The van der Waals surface area contributed by atoms with Crippen LogP contribution in [0.2, 0.25) is 0 Å². The number of nitrogens with two attached hydrogens (primary N) is 1. The number of hydrogen-bond acceptors (Lipinski definition) is 5. The van der Waals surface area contributed by atoms with E-state index in [1.165, 1.54) is 0 Å². The van der Waals surface area contributed by atoms with Gasteiger partial charge in [0, 0.05) is 17.8 Å². The SMILES string of the molecule is NC(=O)CCC(OCC1NCCO1)c1cccs1. The lowest BCUT2D eigenvalue weighted by Gasteiger charge is -2.18. The summed E-state index contributed by atoms with van der Waals surface area (Å²) >= 11 is 1.63. The number of thiophene rings is 1. The highest BCUT2D eigenvalue weighted by Crippen LogP contribution is 2.27. The number of amides is 1. The van der Waals surface area contributed by atoms with E-state index in [-0.39, 0.29) is 18.2 Å². The summed E-state index contributed by atoms with van der Waals surface area (Å²) in [5.74, 6) is -0.296. The molecule has 0 spiro atoms. The summed E-state index contributed by atoms with van der Waals surface area (Å²) < 4.78 is 11.3. The first kappa shape index (κ1) is 13.5. The molecular formula is C12H18N2O3S. The first-order valence-corrected chi connectivity index (χ1v) is 6.92. The fraction of sp³-hybridized carbons (Fsp3) is 0.583. The zero-order valence-electron chi connectivity index (χ0n) is 10.1. The molecule has 2 atom stereocenters. The number of carbonyl (C=O) groups excluding carboxylic acids is 1. The maximum atomic E-state index is 10.9. The molecule has 0 radical (unpaired) electrons. The molecule has 1 fully saturated rings. The van der Waals surface area contributed by atoms with E-state index in [0.29, 0.717) is 19.4 Å². The minimum absolute atomic E-state index is 0.0407. The van der Waals surface area contributed by atoms with E-state index in [4.69, 9.17) is 15.2 Å². The molecular weight excluding hydrogens is 252 g/mol. The van der Waals surface area contributed by atoms with E-state index in [0.717, 1.165) is 18.0 Å². The molecule has 3 N–H and O–H groups in total. The van der Waals surface area contributed by atoms with Crippen LogP contribution in [-0.4, -0.2) is 31.9 Å². The van der Waals surface area contributed by atoms with Crippen molar-refractivity contribution in [1.29, 1.82) is 0 Å². The van der Waals surface area contributed by atoms with Crippen molar-refractivity contribution >= 4 is 17.2 Å². The third kappa shape index (κ3) is 4.06. The van der Waals surface area contributed by atoms with Crippen molar-refractivity contribution in [3.8, 4) is 0 Å². The maximum absolute atomic E-state index is 10.9. The number of rotatable bonds is 7. The lowest BCUT2D eigenvalue weighted by atomic mass is 10.1. The summed E-state index contributed by atoms with van der Waals surface area (Å²) in [5, 5.41) is 5.19. The fourth-order valence-electron chi connectivity index (χ4n) is 1.85. The highest BCUT2D eigenvalue weighted by molar-refractivity contribution is 7.10. The molecule has 2 heterocycles. The zero-order chi connectivity index (χ0) is 12.8. The first-order chi connectivity index (χ1) is 8.75. The average molecular weight is 270 g/mol. The van der Waals surface area contributed by atoms with Crippen LogP contribution in [0.1, 0.15) is 23.8 Å². The molecule has 6 heteroatoms. The van der Waals surface area contributed by atoms with Gasteiger partial charge in [-0.3, -0.25) is 10.1 Å². The third-order valence-electron chi connectivity index (χ3n) is 2.76. The predicted octanol–water partition coefficient (Wildman–Crippen LogP) is 1.02. The van der Waals surface area contributed by atoms with Crippen LogP contribution in [0.15, 0.2) is 17.5 Å². The maximum Gasteiger partial charge on any atom is 0.217 e. The molecule has 1 saturated heterocycles. The minimum Gasteiger partial charge on any atom is -0.370 e. The van der Waals surface area contributed by atoms with Crippen LogP contribution in [0, 0.1) is 0 Å². The Morgan fingerprint density at radius 2 is 2.61 bits per heavy atom. The van der Waals surface area contributed by atoms with Crippen molar-refractivity contribution in [1.82, 2.24) is 5.32 Å². The molecule has 0 aromatic carbocycles. The molecule has 18 heavy (non-hydrogen) atoms. The predicted molar refractivity (Wildman–Crippen MR) is 69.2 cm³/mol. The summed E-state index contributed by atoms with van der Waals surface area (Å²) in [6, 6.07) is 3.99. The molecule has 5 nitrogen and oxygen atoms in total. The van der Waals surface area contributed by atoms with Gasteiger partial charge in [0.25, 0.3) is 0 Å². The van der Waals surface area contributed by atoms with Gasteiger partial charge in [0.05, 0.1) is 19.3 Å². The van der Waals surface area contributed by atoms with E-state index in [1.54, 1.807) is 11.3 Å². The molecule has 2 rings (SSSR count). The van der Waals surface area contributed by atoms with Crippen molar-refractivity contribution in [2.75, 3.05) is 19.8 Å². The Hall–Kier alpha value is -0.950. The number of carbonyl (C=O) groups is 1. The van der Waals surface area contributed by atoms with Gasteiger partial charge >= 0.3 is 0 Å². The van der Waals surface area contributed by atoms with Gasteiger partial charge in [-0.2, -0.15) is 0 Å². The van der Waals surface area contributed by atoms with Crippen LogP contribution in [0.25, 0.3) is 0 Å². The second kappa shape index (κ2) is 6.84. The number of ether oxygens (including phenoxy) is 2. The highest BCUT2D eigenvalue weighted by Gasteiger charge is 2.19. The third-order valence-corrected chi connectivity index (χ3v) is 3.72. The van der Waals surface area contributed by atoms with Gasteiger partial charge < -0.3 is 15.2 Å². The molecule has 1 aliphatic rings. The van der Waals surface area contributed by atoms with Crippen LogP contribution in [-0.2, 0) is 14.3 Å². The van der Waals surface area contributed by atoms with Gasteiger partial charge in [-0.1, -0.05) is 6.07 Å². The van der Waals surface area contributed by atoms with Crippen molar-refractivity contribution in [3.05, 3.63) is 22.4 Å².